The fourth-order valence-corrected chi connectivity index (χ4v) is 4.07. The van der Waals surface area contributed by atoms with Gasteiger partial charge in [-0.15, -0.1) is 0 Å². The van der Waals surface area contributed by atoms with Crippen LogP contribution < -0.4 is 5.32 Å². The van der Waals surface area contributed by atoms with E-state index in [-0.39, 0.29) is 11.1 Å². The van der Waals surface area contributed by atoms with Crippen molar-refractivity contribution < 1.29 is 12.8 Å². The van der Waals surface area contributed by atoms with Crippen LogP contribution in [-0.4, -0.2) is 32.9 Å². The fraction of sp³-hybridized carbons (Fsp3) is 0.714. The number of nitrogens with one attached hydrogen (secondary N) is 1. The van der Waals surface area contributed by atoms with Crippen LogP contribution in [0.5, 0.6) is 0 Å². The van der Waals surface area contributed by atoms with Gasteiger partial charge in [0.15, 0.2) is 0 Å². The largest absolute Gasteiger partial charge is 0.447 e. The maximum absolute atomic E-state index is 12.6. The summed E-state index contributed by atoms with van der Waals surface area (Å²) in [7, 11) is -0.0413. The lowest BCUT2D eigenvalue weighted by molar-refractivity contribution is 0.319. The van der Waals surface area contributed by atoms with Crippen molar-refractivity contribution in [2.45, 2.75) is 56.2 Å². The minimum Gasteiger partial charge on any atom is -0.447 e. The molecule has 6 heteroatoms. The summed E-state index contributed by atoms with van der Waals surface area (Å²) in [6.45, 7) is 0.530. The number of furan rings is 1. The van der Waals surface area contributed by atoms with Crippen LogP contribution in [0.1, 0.15) is 44.3 Å². The third-order valence-electron chi connectivity index (χ3n) is 3.96. The molecule has 1 heterocycles. The highest BCUT2D eigenvalue weighted by molar-refractivity contribution is 7.89. The van der Waals surface area contributed by atoms with Crippen LogP contribution in [0.2, 0.25) is 0 Å². The first-order valence-corrected chi connectivity index (χ1v) is 8.71. The van der Waals surface area contributed by atoms with Gasteiger partial charge in [-0.05, 0) is 32.0 Å². The van der Waals surface area contributed by atoms with Crippen molar-refractivity contribution in [3.8, 4) is 0 Å². The summed E-state index contributed by atoms with van der Waals surface area (Å²) in [5, 5.41) is 3.00. The maximum Gasteiger partial charge on any atom is 0.276 e. The Labute approximate surface area is 121 Å². The van der Waals surface area contributed by atoms with Crippen LogP contribution in [-0.2, 0) is 16.6 Å². The molecule has 0 atom stereocenters. The molecule has 0 saturated heterocycles. The Bertz CT molecular complexity index is 516. The molecule has 0 bridgehead atoms. The molecule has 1 aliphatic carbocycles. The zero-order valence-corrected chi connectivity index (χ0v) is 13.1. The molecule has 114 valence electrons. The molecule has 0 radical (unpaired) electrons. The zero-order valence-electron chi connectivity index (χ0n) is 12.3. The van der Waals surface area contributed by atoms with Crippen molar-refractivity contribution in [1.82, 2.24) is 9.62 Å². The smallest absolute Gasteiger partial charge is 0.276 e. The van der Waals surface area contributed by atoms with Crippen LogP contribution >= 0.6 is 0 Å². The summed E-state index contributed by atoms with van der Waals surface area (Å²) < 4.78 is 32.1. The van der Waals surface area contributed by atoms with E-state index in [0.29, 0.717) is 12.3 Å². The zero-order chi connectivity index (χ0) is 14.6. The van der Waals surface area contributed by atoms with Crippen molar-refractivity contribution in [1.29, 1.82) is 0 Å². The van der Waals surface area contributed by atoms with Gasteiger partial charge in [-0.1, -0.05) is 25.7 Å². The predicted octanol–water partition coefficient (Wildman–Crippen LogP) is 2.34. The number of rotatable bonds is 5. The first kappa shape index (κ1) is 15.5. The lowest BCUT2D eigenvalue weighted by Gasteiger charge is -2.25. The standard InChI is InChI=1S/C14H24N2O3S/c1-15-11-13-9-10-14(19-13)20(17,18)16(2)12-7-5-3-4-6-8-12/h9-10,12,15H,3-8,11H2,1-2H3. The van der Waals surface area contributed by atoms with E-state index in [1.54, 1.807) is 26.2 Å². The van der Waals surface area contributed by atoms with Crippen LogP contribution in [0.15, 0.2) is 21.6 Å². The highest BCUT2D eigenvalue weighted by Gasteiger charge is 2.30. The number of sulfonamides is 1. The Hall–Kier alpha value is -0.850. The number of hydrogen-bond donors (Lipinski definition) is 1. The molecule has 5 nitrogen and oxygen atoms in total. The van der Waals surface area contributed by atoms with Crippen LogP contribution in [0.4, 0.5) is 0 Å². The lowest BCUT2D eigenvalue weighted by Crippen LogP contribution is -2.36. The van der Waals surface area contributed by atoms with Gasteiger partial charge in [-0.3, -0.25) is 0 Å². The van der Waals surface area contributed by atoms with Gasteiger partial charge in [-0.2, -0.15) is 4.31 Å². The van der Waals surface area contributed by atoms with Gasteiger partial charge in [0.2, 0.25) is 5.09 Å². The van der Waals surface area contributed by atoms with Crippen molar-refractivity contribution >= 4 is 10.0 Å². The fourth-order valence-electron chi connectivity index (χ4n) is 2.73. The van der Waals surface area contributed by atoms with Crippen molar-refractivity contribution in [3.05, 3.63) is 17.9 Å². The van der Waals surface area contributed by atoms with Crippen molar-refractivity contribution in [3.63, 3.8) is 0 Å². The molecule has 1 aromatic heterocycles. The van der Waals surface area contributed by atoms with Crippen LogP contribution in [0, 0.1) is 0 Å². The molecule has 0 aromatic carbocycles. The first-order valence-electron chi connectivity index (χ1n) is 7.27. The Kier molecular flexibility index (Phi) is 5.23. The van der Waals surface area contributed by atoms with Gasteiger partial charge in [0, 0.05) is 13.1 Å². The summed E-state index contributed by atoms with van der Waals surface area (Å²) in [6.07, 6.45) is 6.51. The third kappa shape index (κ3) is 3.42. The van der Waals surface area contributed by atoms with E-state index in [1.165, 1.54) is 17.1 Å². The van der Waals surface area contributed by atoms with Gasteiger partial charge < -0.3 is 9.73 Å². The second kappa shape index (κ2) is 6.74. The molecule has 1 aromatic rings. The van der Waals surface area contributed by atoms with E-state index in [0.717, 1.165) is 25.7 Å². The Morgan fingerprint density at radius 1 is 1.25 bits per heavy atom. The molecule has 0 aliphatic heterocycles. The SMILES string of the molecule is CNCc1ccc(S(=O)(=O)N(C)C2CCCCCC2)o1. The molecule has 20 heavy (non-hydrogen) atoms. The quantitative estimate of drug-likeness (QED) is 0.848. The summed E-state index contributed by atoms with van der Waals surface area (Å²) in [5.74, 6) is 0.639. The monoisotopic (exact) mass is 300 g/mol. The van der Waals surface area contributed by atoms with E-state index in [9.17, 15) is 8.42 Å². The molecular formula is C14H24N2O3S. The molecule has 2 rings (SSSR count). The van der Waals surface area contributed by atoms with Crippen LogP contribution in [0.3, 0.4) is 0 Å². The van der Waals surface area contributed by atoms with Crippen molar-refractivity contribution in [2.24, 2.45) is 0 Å². The van der Waals surface area contributed by atoms with Crippen LogP contribution in [0.25, 0.3) is 0 Å². The molecule has 1 fully saturated rings. The number of nitrogens with zero attached hydrogens (tertiary/aromatic N) is 1. The molecule has 1 aliphatic rings. The van der Waals surface area contributed by atoms with E-state index in [4.69, 9.17) is 4.42 Å². The molecule has 0 spiro atoms. The maximum atomic E-state index is 12.6. The normalized spacial score (nSPS) is 18.4. The Morgan fingerprint density at radius 3 is 2.50 bits per heavy atom. The van der Waals surface area contributed by atoms with E-state index < -0.39 is 10.0 Å². The average molecular weight is 300 g/mol. The van der Waals surface area contributed by atoms with Crippen molar-refractivity contribution in [2.75, 3.05) is 14.1 Å². The van der Waals surface area contributed by atoms with Gasteiger partial charge in [0.05, 0.1) is 6.54 Å². The van der Waals surface area contributed by atoms with E-state index in [2.05, 4.69) is 5.32 Å². The summed E-state index contributed by atoms with van der Waals surface area (Å²) in [5.41, 5.74) is 0. The summed E-state index contributed by atoms with van der Waals surface area (Å²) >= 11 is 0. The minimum absolute atomic E-state index is 0.0505. The predicted molar refractivity (Wildman–Crippen MR) is 77.9 cm³/mol. The second-order valence-electron chi connectivity index (χ2n) is 5.42. The highest BCUT2D eigenvalue weighted by Crippen LogP contribution is 2.26. The second-order valence-corrected chi connectivity index (χ2v) is 7.35. The molecule has 0 amide bonds. The Morgan fingerprint density at radius 2 is 1.90 bits per heavy atom. The summed E-state index contributed by atoms with van der Waals surface area (Å²) in [6, 6.07) is 3.36. The topological polar surface area (TPSA) is 62.6 Å². The van der Waals surface area contributed by atoms with Gasteiger partial charge in [0.1, 0.15) is 5.76 Å². The minimum atomic E-state index is -3.51. The van der Waals surface area contributed by atoms with Gasteiger partial charge in [0.25, 0.3) is 10.0 Å². The van der Waals surface area contributed by atoms with Gasteiger partial charge in [-0.25, -0.2) is 8.42 Å². The summed E-state index contributed by atoms with van der Waals surface area (Å²) in [4.78, 5) is 0. The Balaban J connectivity index is 2.14. The molecule has 1 N–H and O–H groups in total. The van der Waals surface area contributed by atoms with E-state index >= 15 is 0 Å². The average Bonchev–Trinajstić information content (AvgIpc) is 2.74. The number of hydrogen-bond acceptors (Lipinski definition) is 4. The molecular weight excluding hydrogens is 276 g/mol. The third-order valence-corrected chi connectivity index (χ3v) is 5.74. The van der Waals surface area contributed by atoms with E-state index in [1.807, 2.05) is 0 Å². The molecule has 0 unspecified atom stereocenters. The highest BCUT2D eigenvalue weighted by atomic mass is 32.2. The lowest BCUT2D eigenvalue weighted by atomic mass is 10.1. The van der Waals surface area contributed by atoms with Gasteiger partial charge >= 0.3 is 0 Å². The first-order chi connectivity index (χ1) is 9.55. The molecule has 1 saturated carbocycles.